The SMILES string of the molecule is CC(CCO)NC(C)c1ccccc1C(F)(F)F. The van der Waals surface area contributed by atoms with Crippen molar-refractivity contribution in [3.8, 4) is 0 Å². The van der Waals surface area contributed by atoms with Crippen molar-refractivity contribution in [2.45, 2.75) is 38.5 Å². The smallest absolute Gasteiger partial charge is 0.396 e. The number of benzene rings is 1. The van der Waals surface area contributed by atoms with Gasteiger partial charge in [-0.1, -0.05) is 18.2 Å². The maximum atomic E-state index is 12.8. The van der Waals surface area contributed by atoms with Crippen LogP contribution in [0, 0.1) is 0 Å². The van der Waals surface area contributed by atoms with Crippen molar-refractivity contribution in [2.24, 2.45) is 0 Å². The maximum absolute atomic E-state index is 12.8. The van der Waals surface area contributed by atoms with Crippen LogP contribution >= 0.6 is 0 Å². The number of hydrogen-bond acceptors (Lipinski definition) is 2. The summed E-state index contributed by atoms with van der Waals surface area (Å²) >= 11 is 0. The van der Waals surface area contributed by atoms with E-state index in [-0.39, 0.29) is 18.2 Å². The lowest BCUT2D eigenvalue weighted by Crippen LogP contribution is -2.31. The van der Waals surface area contributed by atoms with Gasteiger partial charge in [0.1, 0.15) is 0 Å². The Hall–Kier alpha value is -1.07. The molecule has 0 heterocycles. The van der Waals surface area contributed by atoms with E-state index < -0.39 is 17.8 Å². The molecule has 0 saturated heterocycles. The minimum absolute atomic E-state index is 0.0157. The molecule has 1 rings (SSSR count). The van der Waals surface area contributed by atoms with Gasteiger partial charge in [-0.3, -0.25) is 0 Å². The van der Waals surface area contributed by atoms with E-state index in [0.29, 0.717) is 6.42 Å². The topological polar surface area (TPSA) is 32.3 Å². The molecule has 0 aliphatic rings. The first-order valence-electron chi connectivity index (χ1n) is 5.89. The summed E-state index contributed by atoms with van der Waals surface area (Å²) in [7, 11) is 0. The molecular weight excluding hydrogens is 243 g/mol. The third-order valence-corrected chi connectivity index (χ3v) is 2.83. The van der Waals surface area contributed by atoms with Crippen LogP contribution < -0.4 is 5.32 Å². The fraction of sp³-hybridized carbons (Fsp3) is 0.538. The molecule has 0 aliphatic carbocycles. The van der Waals surface area contributed by atoms with Crippen molar-refractivity contribution in [1.82, 2.24) is 5.32 Å². The van der Waals surface area contributed by atoms with Gasteiger partial charge in [0.15, 0.2) is 0 Å². The normalized spacial score (nSPS) is 15.4. The van der Waals surface area contributed by atoms with Gasteiger partial charge >= 0.3 is 6.18 Å². The van der Waals surface area contributed by atoms with Crippen LogP contribution in [0.1, 0.15) is 37.4 Å². The van der Waals surface area contributed by atoms with Crippen LogP contribution in [0.15, 0.2) is 24.3 Å². The second kappa shape index (κ2) is 6.20. The Balaban J connectivity index is 2.89. The molecule has 0 spiro atoms. The maximum Gasteiger partial charge on any atom is 0.416 e. The van der Waals surface area contributed by atoms with Crippen molar-refractivity contribution in [1.29, 1.82) is 0 Å². The second-order valence-electron chi connectivity index (χ2n) is 4.39. The molecule has 0 radical (unpaired) electrons. The van der Waals surface area contributed by atoms with E-state index in [1.807, 2.05) is 6.92 Å². The third-order valence-electron chi connectivity index (χ3n) is 2.83. The van der Waals surface area contributed by atoms with Gasteiger partial charge in [0.2, 0.25) is 0 Å². The highest BCUT2D eigenvalue weighted by molar-refractivity contribution is 5.32. The van der Waals surface area contributed by atoms with Gasteiger partial charge in [0, 0.05) is 18.7 Å². The van der Waals surface area contributed by atoms with E-state index in [1.54, 1.807) is 13.0 Å². The number of halogens is 3. The quantitative estimate of drug-likeness (QED) is 0.853. The number of nitrogens with one attached hydrogen (secondary N) is 1. The highest BCUT2D eigenvalue weighted by Gasteiger charge is 2.34. The highest BCUT2D eigenvalue weighted by atomic mass is 19.4. The Morgan fingerprint density at radius 3 is 2.39 bits per heavy atom. The molecule has 0 bridgehead atoms. The fourth-order valence-electron chi connectivity index (χ4n) is 1.93. The third kappa shape index (κ3) is 3.99. The summed E-state index contributed by atoms with van der Waals surface area (Å²) < 4.78 is 38.5. The molecule has 1 aromatic rings. The Bertz CT molecular complexity index is 379. The van der Waals surface area contributed by atoms with Crippen LogP contribution in [-0.2, 0) is 6.18 Å². The zero-order chi connectivity index (χ0) is 13.8. The Kier molecular flexibility index (Phi) is 5.16. The van der Waals surface area contributed by atoms with Gasteiger partial charge in [-0.05, 0) is 31.9 Å². The molecule has 0 saturated carbocycles. The molecule has 0 fully saturated rings. The van der Waals surface area contributed by atoms with Crippen molar-refractivity contribution >= 4 is 0 Å². The lowest BCUT2D eigenvalue weighted by atomic mass is 10.00. The summed E-state index contributed by atoms with van der Waals surface area (Å²) in [5.74, 6) is 0. The van der Waals surface area contributed by atoms with E-state index >= 15 is 0 Å². The van der Waals surface area contributed by atoms with Crippen LogP contribution in [0.4, 0.5) is 13.2 Å². The summed E-state index contributed by atoms with van der Waals surface area (Å²) in [6.07, 6.45) is -3.83. The van der Waals surface area contributed by atoms with E-state index in [0.717, 1.165) is 6.07 Å². The van der Waals surface area contributed by atoms with E-state index in [1.165, 1.54) is 12.1 Å². The predicted molar refractivity (Wildman–Crippen MR) is 64.2 cm³/mol. The predicted octanol–water partition coefficient (Wildman–Crippen LogP) is 3.13. The van der Waals surface area contributed by atoms with Gasteiger partial charge in [-0.25, -0.2) is 0 Å². The standard InChI is InChI=1S/C13H18F3NO/c1-9(7-8-18)17-10(2)11-5-3-4-6-12(11)13(14,15)16/h3-6,9-10,17-18H,7-8H2,1-2H3. The summed E-state index contributed by atoms with van der Waals surface area (Å²) in [5, 5.41) is 11.8. The summed E-state index contributed by atoms with van der Waals surface area (Å²) in [6.45, 7) is 3.54. The molecule has 0 aliphatic heterocycles. The van der Waals surface area contributed by atoms with Crippen LogP contribution in [-0.4, -0.2) is 17.8 Å². The van der Waals surface area contributed by atoms with E-state index in [9.17, 15) is 13.2 Å². The van der Waals surface area contributed by atoms with Gasteiger partial charge in [-0.2, -0.15) is 13.2 Å². The van der Waals surface area contributed by atoms with E-state index in [4.69, 9.17) is 5.11 Å². The zero-order valence-electron chi connectivity index (χ0n) is 10.5. The number of aliphatic hydroxyl groups excluding tert-OH is 1. The summed E-state index contributed by atoms with van der Waals surface area (Å²) in [6, 6.07) is 5.10. The number of rotatable bonds is 5. The Morgan fingerprint density at radius 2 is 1.83 bits per heavy atom. The van der Waals surface area contributed by atoms with Gasteiger partial charge in [0.25, 0.3) is 0 Å². The summed E-state index contributed by atoms with van der Waals surface area (Å²) in [5.41, 5.74) is -0.379. The van der Waals surface area contributed by atoms with Crippen molar-refractivity contribution in [3.63, 3.8) is 0 Å². The van der Waals surface area contributed by atoms with Crippen molar-refractivity contribution in [3.05, 3.63) is 35.4 Å². The molecule has 1 aromatic carbocycles. The molecule has 2 N–H and O–H groups in total. The average Bonchev–Trinajstić information content (AvgIpc) is 2.28. The summed E-state index contributed by atoms with van der Waals surface area (Å²) in [4.78, 5) is 0. The molecule has 5 heteroatoms. The zero-order valence-corrected chi connectivity index (χ0v) is 10.5. The van der Waals surface area contributed by atoms with Crippen LogP contribution in [0.3, 0.4) is 0 Å². The lowest BCUT2D eigenvalue weighted by Gasteiger charge is -2.23. The first kappa shape index (κ1) is 15.0. The highest BCUT2D eigenvalue weighted by Crippen LogP contribution is 2.34. The number of alkyl halides is 3. The molecule has 2 atom stereocenters. The molecule has 2 unspecified atom stereocenters. The molecule has 102 valence electrons. The molecule has 0 aromatic heterocycles. The molecule has 0 amide bonds. The molecular formula is C13H18F3NO. The first-order valence-corrected chi connectivity index (χ1v) is 5.89. The van der Waals surface area contributed by atoms with Gasteiger partial charge in [-0.15, -0.1) is 0 Å². The number of aliphatic hydroxyl groups is 1. The average molecular weight is 261 g/mol. The minimum Gasteiger partial charge on any atom is -0.396 e. The monoisotopic (exact) mass is 261 g/mol. The minimum atomic E-state index is -4.34. The van der Waals surface area contributed by atoms with Gasteiger partial charge < -0.3 is 10.4 Å². The van der Waals surface area contributed by atoms with Crippen molar-refractivity contribution in [2.75, 3.05) is 6.61 Å². The second-order valence-corrected chi connectivity index (χ2v) is 4.39. The van der Waals surface area contributed by atoms with Crippen LogP contribution in [0.25, 0.3) is 0 Å². The largest absolute Gasteiger partial charge is 0.416 e. The van der Waals surface area contributed by atoms with Crippen LogP contribution in [0.2, 0.25) is 0 Å². The van der Waals surface area contributed by atoms with Crippen molar-refractivity contribution < 1.29 is 18.3 Å². The number of hydrogen-bond donors (Lipinski definition) is 2. The fourth-order valence-corrected chi connectivity index (χ4v) is 1.93. The Labute approximate surface area is 105 Å². The van der Waals surface area contributed by atoms with Crippen LogP contribution in [0.5, 0.6) is 0 Å². The Morgan fingerprint density at radius 1 is 1.22 bits per heavy atom. The van der Waals surface area contributed by atoms with E-state index in [2.05, 4.69) is 5.32 Å². The molecule has 18 heavy (non-hydrogen) atoms. The molecule has 2 nitrogen and oxygen atoms in total. The first-order chi connectivity index (χ1) is 8.36. The van der Waals surface area contributed by atoms with Gasteiger partial charge in [0.05, 0.1) is 5.56 Å². The lowest BCUT2D eigenvalue weighted by molar-refractivity contribution is -0.138.